The minimum absolute atomic E-state index is 0.100. The molecular formula is C18H15N3O5. The minimum atomic E-state index is -0.587. The van der Waals surface area contributed by atoms with Crippen molar-refractivity contribution in [3.8, 4) is 5.75 Å². The number of benzene rings is 2. The van der Waals surface area contributed by atoms with Crippen molar-refractivity contribution < 1.29 is 18.9 Å². The van der Waals surface area contributed by atoms with E-state index in [9.17, 15) is 14.9 Å². The number of nitro groups is 1. The number of fused-ring (bicyclic) bond motifs is 1. The van der Waals surface area contributed by atoms with Crippen LogP contribution in [0.3, 0.4) is 0 Å². The Hall–Kier alpha value is -3.42. The van der Waals surface area contributed by atoms with E-state index in [2.05, 4.69) is 10.3 Å². The van der Waals surface area contributed by atoms with Crippen LogP contribution < -0.4 is 10.1 Å². The predicted molar refractivity (Wildman–Crippen MR) is 93.6 cm³/mol. The lowest BCUT2D eigenvalue weighted by Crippen LogP contribution is -2.12. The number of methoxy groups -OCH3 is 1. The van der Waals surface area contributed by atoms with Gasteiger partial charge >= 0.3 is 5.69 Å². The number of anilines is 1. The van der Waals surface area contributed by atoms with Crippen molar-refractivity contribution in [3.05, 3.63) is 58.0 Å². The molecule has 1 heterocycles. The molecule has 2 aromatic carbocycles. The Morgan fingerprint density at radius 2 is 2.12 bits per heavy atom. The monoisotopic (exact) mass is 353 g/mol. The molecule has 0 radical (unpaired) electrons. The van der Waals surface area contributed by atoms with Crippen LogP contribution in [0, 0.1) is 10.1 Å². The van der Waals surface area contributed by atoms with Gasteiger partial charge in [-0.05, 0) is 43.2 Å². The number of aromatic nitrogens is 1. The zero-order chi connectivity index (χ0) is 18.3. The zero-order valence-corrected chi connectivity index (χ0v) is 13.9. The molecule has 3 aromatic rings. The maximum Gasteiger partial charge on any atom is 0.311 e. The molecule has 1 fully saturated rings. The Bertz CT molecular complexity index is 1020. The van der Waals surface area contributed by atoms with Gasteiger partial charge in [0.15, 0.2) is 17.2 Å². The molecule has 1 aliphatic rings. The summed E-state index contributed by atoms with van der Waals surface area (Å²) in [5, 5.41) is 13.8. The van der Waals surface area contributed by atoms with Crippen LogP contribution in [0.25, 0.3) is 11.1 Å². The molecule has 0 spiro atoms. The average Bonchev–Trinajstić information content (AvgIpc) is 3.40. The third kappa shape index (κ3) is 2.97. The maximum absolute atomic E-state index is 12.4. The lowest BCUT2D eigenvalue weighted by Gasteiger charge is -2.06. The largest absolute Gasteiger partial charge is 0.490 e. The Kier molecular flexibility index (Phi) is 3.80. The predicted octanol–water partition coefficient (Wildman–Crippen LogP) is 3.87. The number of oxazole rings is 1. The van der Waals surface area contributed by atoms with Gasteiger partial charge in [-0.15, -0.1) is 0 Å². The molecule has 1 N–H and O–H groups in total. The van der Waals surface area contributed by atoms with Crippen LogP contribution in [0.15, 0.2) is 40.8 Å². The number of nitrogens with one attached hydrogen (secondary N) is 1. The molecule has 8 nitrogen and oxygen atoms in total. The molecule has 1 saturated carbocycles. The van der Waals surface area contributed by atoms with E-state index in [0.717, 1.165) is 18.7 Å². The highest BCUT2D eigenvalue weighted by atomic mass is 16.6. The summed E-state index contributed by atoms with van der Waals surface area (Å²) in [4.78, 5) is 27.4. The summed E-state index contributed by atoms with van der Waals surface area (Å²) < 4.78 is 10.6. The first kappa shape index (κ1) is 16.1. The summed E-state index contributed by atoms with van der Waals surface area (Å²) in [5.74, 6) is 0.777. The van der Waals surface area contributed by atoms with Crippen molar-refractivity contribution in [1.82, 2.24) is 4.98 Å². The van der Waals surface area contributed by atoms with Crippen LogP contribution >= 0.6 is 0 Å². The van der Waals surface area contributed by atoms with Crippen molar-refractivity contribution in [3.63, 3.8) is 0 Å². The number of amides is 1. The third-order valence-corrected chi connectivity index (χ3v) is 4.23. The van der Waals surface area contributed by atoms with Gasteiger partial charge in [0.05, 0.1) is 12.0 Å². The second-order valence-electron chi connectivity index (χ2n) is 6.11. The van der Waals surface area contributed by atoms with Gasteiger partial charge in [-0.3, -0.25) is 14.9 Å². The van der Waals surface area contributed by atoms with Gasteiger partial charge < -0.3 is 14.5 Å². The van der Waals surface area contributed by atoms with Crippen LogP contribution in [0.4, 0.5) is 11.4 Å². The number of nitrogens with zero attached hydrogens (tertiary/aromatic N) is 2. The molecule has 0 bridgehead atoms. The first-order chi connectivity index (χ1) is 12.5. The Balaban J connectivity index is 1.58. The third-order valence-electron chi connectivity index (χ3n) is 4.23. The fourth-order valence-corrected chi connectivity index (χ4v) is 2.71. The van der Waals surface area contributed by atoms with Crippen LogP contribution in [-0.4, -0.2) is 22.9 Å². The zero-order valence-electron chi connectivity index (χ0n) is 13.9. The molecule has 0 unspecified atom stereocenters. The minimum Gasteiger partial charge on any atom is -0.490 e. The summed E-state index contributed by atoms with van der Waals surface area (Å²) >= 11 is 0. The molecule has 1 aliphatic carbocycles. The topological polar surface area (TPSA) is 108 Å². The van der Waals surface area contributed by atoms with Crippen molar-refractivity contribution in [2.24, 2.45) is 0 Å². The van der Waals surface area contributed by atoms with E-state index in [1.165, 1.54) is 25.3 Å². The molecule has 0 aliphatic heterocycles. The van der Waals surface area contributed by atoms with Gasteiger partial charge in [0.25, 0.3) is 5.91 Å². The van der Waals surface area contributed by atoms with Crippen molar-refractivity contribution >= 4 is 28.4 Å². The smallest absolute Gasteiger partial charge is 0.311 e. The van der Waals surface area contributed by atoms with Crippen LogP contribution in [0.2, 0.25) is 0 Å². The second-order valence-corrected chi connectivity index (χ2v) is 6.11. The fraction of sp³-hybridized carbons (Fsp3) is 0.222. The van der Waals surface area contributed by atoms with E-state index in [1.54, 1.807) is 18.2 Å². The average molecular weight is 353 g/mol. The van der Waals surface area contributed by atoms with E-state index in [1.807, 2.05) is 0 Å². The van der Waals surface area contributed by atoms with Gasteiger partial charge in [-0.1, -0.05) is 0 Å². The summed E-state index contributed by atoms with van der Waals surface area (Å²) in [6, 6.07) is 9.24. The quantitative estimate of drug-likeness (QED) is 0.551. The van der Waals surface area contributed by atoms with E-state index >= 15 is 0 Å². The lowest BCUT2D eigenvalue weighted by atomic mass is 10.1. The van der Waals surface area contributed by atoms with Crippen LogP contribution in [0.1, 0.15) is 35.0 Å². The standard InChI is InChI=1S/C18H15N3O5/c1-25-16-6-4-11(8-14(16)21(23)24)17(22)19-12-5-7-15-13(9-12)20-18(26-15)10-2-3-10/h4-10H,2-3H2,1H3,(H,19,22). The number of ether oxygens (including phenoxy) is 1. The van der Waals surface area contributed by atoms with Crippen molar-refractivity contribution in [2.45, 2.75) is 18.8 Å². The van der Waals surface area contributed by atoms with Gasteiger partial charge in [0.2, 0.25) is 0 Å². The first-order valence-corrected chi connectivity index (χ1v) is 8.09. The summed E-state index contributed by atoms with van der Waals surface area (Å²) in [6.45, 7) is 0. The molecule has 132 valence electrons. The summed E-state index contributed by atoms with van der Waals surface area (Å²) in [5.41, 5.74) is 1.78. The normalized spacial score (nSPS) is 13.6. The van der Waals surface area contributed by atoms with E-state index in [-0.39, 0.29) is 17.0 Å². The Morgan fingerprint density at radius 3 is 2.81 bits per heavy atom. The van der Waals surface area contributed by atoms with E-state index in [4.69, 9.17) is 9.15 Å². The summed E-state index contributed by atoms with van der Waals surface area (Å²) in [7, 11) is 1.34. The van der Waals surface area contributed by atoms with Crippen LogP contribution in [0.5, 0.6) is 5.75 Å². The number of carbonyl (C=O) groups is 1. The molecule has 1 amide bonds. The molecule has 0 saturated heterocycles. The number of nitro benzene ring substituents is 1. The highest BCUT2D eigenvalue weighted by Crippen LogP contribution is 2.40. The van der Waals surface area contributed by atoms with Gasteiger partial charge in [-0.25, -0.2) is 4.98 Å². The lowest BCUT2D eigenvalue weighted by molar-refractivity contribution is -0.385. The highest BCUT2D eigenvalue weighted by Gasteiger charge is 2.29. The second kappa shape index (κ2) is 6.14. The highest BCUT2D eigenvalue weighted by molar-refractivity contribution is 6.05. The maximum atomic E-state index is 12.4. The molecule has 0 atom stereocenters. The van der Waals surface area contributed by atoms with Gasteiger partial charge in [-0.2, -0.15) is 0 Å². The number of hydrogen-bond acceptors (Lipinski definition) is 6. The molecular weight excluding hydrogens is 338 g/mol. The number of carbonyl (C=O) groups excluding carboxylic acids is 1. The SMILES string of the molecule is COc1ccc(C(=O)Nc2ccc3oc(C4CC4)nc3c2)cc1[N+](=O)[O-]. The van der Waals surface area contributed by atoms with Crippen molar-refractivity contribution in [2.75, 3.05) is 12.4 Å². The number of hydrogen-bond donors (Lipinski definition) is 1. The number of rotatable bonds is 5. The van der Waals surface area contributed by atoms with Gasteiger partial charge in [0, 0.05) is 23.2 Å². The summed E-state index contributed by atoms with van der Waals surface area (Å²) in [6.07, 6.45) is 2.18. The van der Waals surface area contributed by atoms with Gasteiger partial charge in [0.1, 0.15) is 5.52 Å². The fourth-order valence-electron chi connectivity index (χ4n) is 2.71. The molecule has 26 heavy (non-hydrogen) atoms. The first-order valence-electron chi connectivity index (χ1n) is 8.09. The Labute approximate surface area is 147 Å². The Morgan fingerprint density at radius 1 is 1.31 bits per heavy atom. The molecule has 8 heteroatoms. The van der Waals surface area contributed by atoms with E-state index < -0.39 is 10.8 Å². The van der Waals surface area contributed by atoms with Crippen molar-refractivity contribution in [1.29, 1.82) is 0 Å². The molecule has 1 aromatic heterocycles. The van der Waals surface area contributed by atoms with E-state index in [0.29, 0.717) is 22.7 Å². The molecule has 4 rings (SSSR count). The van der Waals surface area contributed by atoms with Crippen LogP contribution in [-0.2, 0) is 0 Å².